The van der Waals surface area contributed by atoms with Crippen LogP contribution in [0.25, 0.3) is 10.6 Å². The van der Waals surface area contributed by atoms with Gasteiger partial charge in [-0.2, -0.15) is 0 Å². The van der Waals surface area contributed by atoms with Crippen LogP contribution in [0.4, 0.5) is 0 Å². The first-order valence-electron chi connectivity index (χ1n) is 9.02. The maximum Gasteiger partial charge on any atom is 0.266 e. The van der Waals surface area contributed by atoms with Crippen LogP contribution in [-0.4, -0.2) is 40.6 Å². The molecule has 0 N–H and O–H groups in total. The molecule has 3 aliphatic rings. The van der Waals surface area contributed by atoms with Gasteiger partial charge in [-0.15, -0.1) is 11.3 Å². The van der Waals surface area contributed by atoms with E-state index in [4.69, 9.17) is 9.72 Å². The summed E-state index contributed by atoms with van der Waals surface area (Å²) in [6.07, 6.45) is 2.79. The Kier molecular flexibility index (Phi) is 3.35. The number of aromatic nitrogens is 1. The molecule has 0 aliphatic carbocycles. The van der Waals surface area contributed by atoms with Gasteiger partial charge in [0.1, 0.15) is 9.88 Å². The summed E-state index contributed by atoms with van der Waals surface area (Å²) >= 11 is 1.53. The smallest absolute Gasteiger partial charge is 0.266 e. The third-order valence-corrected chi connectivity index (χ3v) is 7.14. The van der Waals surface area contributed by atoms with Crippen molar-refractivity contribution in [3.05, 3.63) is 39.9 Å². The van der Waals surface area contributed by atoms with E-state index in [0.717, 1.165) is 40.5 Å². The highest BCUT2D eigenvalue weighted by atomic mass is 32.1. The summed E-state index contributed by atoms with van der Waals surface area (Å²) in [6.45, 7) is 7.00. The second-order valence-electron chi connectivity index (χ2n) is 7.73. The number of carbonyl (C=O) groups excluding carboxylic acids is 1. The SMILES string of the molecule is Cc1ccc(-c2nc(C)c(C(=O)N3CC4CC5CC3C4O5)s2)c(C)c1. The highest BCUT2D eigenvalue weighted by molar-refractivity contribution is 7.17. The van der Waals surface area contributed by atoms with Gasteiger partial charge in [-0.05, 0) is 39.2 Å². The maximum atomic E-state index is 13.2. The summed E-state index contributed by atoms with van der Waals surface area (Å²) in [5, 5.41) is 0.945. The van der Waals surface area contributed by atoms with Crippen molar-refractivity contribution in [3.63, 3.8) is 0 Å². The molecule has 1 aromatic carbocycles. The predicted octanol–water partition coefficient (Wildman–Crippen LogP) is 3.74. The van der Waals surface area contributed by atoms with E-state index >= 15 is 0 Å². The zero-order valence-corrected chi connectivity index (χ0v) is 15.6. The van der Waals surface area contributed by atoms with Gasteiger partial charge in [0.15, 0.2) is 0 Å². The number of nitrogens with zero attached hydrogens (tertiary/aromatic N) is 2. The van der Waals surface area contributed by atoms with E-state index in [1.165, 1.54) is 22.5 Å². The molecule has 5 rings (SSSR count). The van der Waals surface area contributed by atoms with Crippen LogP contribution in [0.1, 0.15) is 39.3 Å². The number of fused-ring (bicyclic) bond motifs is 1. The first-order valence-corrected chi connectivity index (χ1v) is 9.84. The maximum absolute atomic E-state index is 13.2. The molecule has 4 nitrogen and oxygen atoms in total. The minimum Gasteiger partial charge on any atom is -0.372 e. The van der Waals surface area contributed by atoms with Crippen molar-refractivity contribution in [1.82, 2.24) is 9.88 Å². The summed E-state index contributed by atoms with van der Waals surface area (Å²) in [4.78, 5) is 20.8. The van der Waals surface area contributed by atoms with E-state index in [2.05, 4.69) is 36.9 Å². The van der Waals surface area contributed by atoms with Crippen molar-refractivity contribution in [2.45, 2.75) is 51.9 Å². The number of amides is 1. The van der Waals surface area contributed by atoms with Gasteiger partial charge in [0.05, 0.1) is 23.9 Å². The molecule has 0 spiro atoms. The Morgan fingerprint density at radius 3 is 2.84 bits per heavy atom. The van der Waals surface area contributed by atoms with Gasteiger partial charge in [-0.3, -0.25) is 4.79 Å². The monoisotopic (exact) mass is 354 g/mol. The van der Waals surface area contributed by atoms with Crippen molar-refractivity contribution in [3.8, 4) is 10.6 Å². The number of carbonyl (C=O) groups is 1. The molecule has 4 heterocycles. The molecule has 4 atom stereocenters. The lowest BCUT2D eigenvalue weighted by molar-refractivity contribution is 0.0686. The van der Waals surface area contributed by atoms with E-state index in [1.54, 1.807) is 0 Å². The highest BCUT2D eigenvalue weighted by Gasteiger charge is 2.56. The van der Waals surface area contributed by atoms with Gasteiger partial charge < -0.3 is 9.64 Å². The van der Waals surface area contributed by atoms with E-state index in [0.29, 0.717) is 12.0 Å². The minimum atomic E-state index is 0.148. The molecule has 130 valence electrons. The Hall–Kier alpha value is -1.72. The summed E-state index contributed by atoms with van der Waals surface area (Å²) in [6, 6.07) is 6.67. The second-order valence-corrected chi connectivity index (χ2v) is 8.73. The zero-order chi connectivity index (χ0) is 17.3. The first-order chi connectivity index (χ1) is 12.0. The molecule has 0 saturated carbocycles. The van der Waals surface area contributed by atoms with E-state index in [-0.39, 0.29) is 18.1 Å². The molecule has 3 saturated heterocycles. The standard InChI is InChI=1S/C20H22N2O2S/c1-10-4-5-15(11(2)6-10)19-21-12(3)18(25-19)20(23)22-9-13-7-14-8-16(22)17(13)24-14/h4-6,13-14,16-17H,7-9H2,1-3H3. The van der Waals surface area contributed by atoms with Gasteiger partial charge in [0.2, 0.25) is 0 Å². The average molecular weight is 354 g/mol. The molecule has 1 aromatic heterocycles. The molecule has 0 radical (unpaired) electrons. The molecular formula is C20H22N2O2S. The van der Waals surface area contributed by atoms with Crippen LogP contribution in [0.5, 0.6) is 0 Å². The third kappa shape index (κ3) is 2.29. The molecule has 1 amide bonds. The molecule has 5 heteroatoms. The number of hydrogen-bond donors (Lipinski definition) is 0. The fraction of sp³-hybridized carbons (Fsp3) is 0.500. The van der Waals surface area contributed by atoms with Gasteiger partial charge in [0, 0.05) is 18.0 Å². The average Bonchev–Trinajstić information content (AvgIpc) is 3.26. The van der Waals surface area contributed by atoms with E-state index in [9.17, 15) is 4.79 Å². The first kappa shape index (κ1) is 15.5. The molecule has 3 aliphatic heterocycles. The number of thiazole rings is 1. The van der Waals surface area contributed by atoms with E-state index < -0.39 is 0 Å². The van der Waals surface area contributed by atoms with Gasteiger partial charge in [-0.25, -0.2) is 4.98 Å². The van der Waals surface area contributed by atoms with E-state index in [1.807, 2.05) is 6.92 Å². The summed E-state index contributed by atoms with van der Waals surface area (Å²) in [5.74, 6) is 0.689. The van der Waals surface area contributed by atoms with Crippen LogP contribution in [0.2, 0.25) is 0 Å². The van der Waals surface area contributed by atoms with Crippen LogP contribution >= 0.6 is 11.3 Å². The summed E-state index contributed by atoms with van der Waals surface area (Å²) in [7, 11) is 0. The van der Waals surface area contributed by atoms with Crippen molar-refractivity contribution in [1.29, 1.82) is 0 Å². The topological polar surface area (TPSA) is 42.4 Å². The van der Waals surface area contributed by atoms with Crippen molar-refractivity contribution in [2.24, 2.45) is 5.92 Å². The molecule has 4 unspecified atom stereocenters. The summed E-state index contributed by atoms with van der Waals surface area (Å²) in [5.41, 5.74) is 4.43. The Morgan fingerprint density at radius 1 is 1.28 bits per heavy atom. The van der Waals surface area contributed by atoms with Crippen molar-refractivity contribution in [2.75, 3.05) is 6.54 Å². The highest BCUT2D eigenvalue weighted by Crippen LogP contribution is 2.47. The van der Waals surface area contributed by atoms with Crippen LogP contribution in [0.3, 0.4) is 0 Å². The molecular weight excluding hydrogens is 332 g/mol. The second kappa shape index (κ2) is 5.39. The van der Waals surface area contributed by atoms with Gasteiger partial charge in [0.25, 0.3) is 5.91 Å². The summed E-state index contributed by atoms with van der Waals surface area (Å²) < 4.78 is 6.00. The number of aryl methyl sites for hydroxylation is 3. The Balaban J connectivity index is 1.47. The van der Waals surface area contributed by atoms with Crippen molar-refractivity contribution < 1.29 is 9.53 Å². The number of hydrogen-bond acceptors (Lipinski definition) is 4. The molecule has 25 heavy (non-hydrogen) atoms. The predicted molar refractivity (Wildman–Crippen MR) is 98.0 cm³/mol. The molecule has 2 aromatic rings. The van der Waals surface area contributed by atoms with Crippen LogP contribution in [0.15, 0.2) is 18.2 Å². The molecule has 3 fully saturated rings. The minimum absolute atomic E-state index is 0.148. The lowest BCUT2D eigenvalue weighted by Gasteiger charge is -2.22. The number of ether oxygens (including phenoxy) is 1. The fourth-order valence-electron chi connectivity index (χ4n) is 4.82. The fourth-order valence-corrected chi connectivity index (χ4v) is 5.93. The van der Waals surface area contributed by atoms with Crippen molar-refractivity contribution >= 4 is 17.2 Å². The largest absolute Gasteiger partial charge is 0.372 e. The normalized spacial score (nSPS) is 29.6. The Labute approximate surface area is 151 Å². The Bertz CT molecular complexity index is 873. The van der Waals surface area contributed by atoms with Crippen LogP contribution in [0, 0.1) is 26.7 Å². The third-order valence-electron chi connectivity index (χ3n) is 5.96. The lowest BCUT2D eigenvalue weighted by atomic mass is 9.90. The lowest BCUT2D eigenvalue weighted by Crippen LogP contribution is -2.37. The van der Waals surface area contributed by atoms with Gasteiger partial charge in [-0.1, -0.05) is 23.8 Å². The van der Waals surface area contributed by atoms with Gasteiger partial charge >= 0.3 is 0 Å². The zero-order valence-electron chi connectivity index (χ0n) is 14.8. The quantitative estimate of drug-likeness (QED) is 0.825. The Morgan fingerprint density at radius 2 is 2.12 bits per heavy atom. The van der Waals surface area contributed by atoms with Crippen LogP contribution in [-0.2, 0) is 4.74 Å². The number of likely N-dealkylation sites (tertiary alicyclic amines) is 1. The molecule has 2 bridgehead atoms. The van der Waals surface area contributed by atoms with Crippen LogP contribution < -0.4 is 0 Å². The number of benzene rings is 1. The number of rotatable bonds is 2.